The molecule has 5 rings (SSSR count). The van der Waals surface area contributed by atoms with E-state index in [1.54, 1.807) is 0 Å². The average Bonchev–Trinajstić information content (AvgIpc) is 3.44. The van der Waals surface area contributed by atoms with Gasteiger partial charge in [0.15, 0.2) is 0 Å². The Hall–Kier alpha value is -3.03. The number of hydrogen-bond acceptors (Lipinski definition) is 3. The van der Waals surface area contributed by atoms with Gasteiger partial charge in [0.25, 0.3) is 0 Å². The number of para-hydroxylation sites is 1. The van der Waals surface area contributed by atoms with Crippen LogP contribution >= 0.6 is 0 Å². The third-order valence-corrected chi connectivity index (χ3v) is 6.87. The van der Waals surface area contributed by atoms with Crippen molar-refractivity contribution >= 4 is 22.9 Å². The van der Waals surface area contributed by atoms with Crippen molar-refractivity contribution in [2.24, 2.45) is 0 Å². The lowest BCUT2D eigenvalue weighted by atomic mass is 9.85. The van der Waals surface area contributed by atoms with Gasteiger partial charge < -0.3 is 14.8 Å². The van der Waals surface area contributed by atoms with Gasteiger partial charge in [-0.2, -0.15) is 0 Å². The van der Waals surface area contributed by atoms with Crippen molar-refractivity contribution in [2.75, 3.05) is 13.2 Å². The number of hydrogen-bond donors (Lipinski definition) is 2. The maximum absolute atomic E-state index is 15.6. The van der Waals surface area contributed by atoms with Gasteiger partial charge in [-0.3, -0.25) is 4.90 Å². The second kappa shape index (κ2) is 8.72. The van der Waals surface area contributed by atoms with Crippen LogP contribution < -0.4 is 0 Å². The summed E-state index contributed by atoms with van der Waals surface area (Å²) in [7, 11) is 0. The number of halogens is 2. The highest BCUT2D eigenvalue weighted by molar-refractivity contribution is 5.86. The second-order valence-electron chi connectivity index (χ2n) is 8.77. The monoisotopic (exact) mass is 452 g/mol. The fourth-order valence-electron chi connectivity index (χ4n) is 5.42. The van der Waals surface area contributed by atoms with E-state index in [-0.39, 0.29) is 23.2 Å². The van der Waals surface area contributed by atoms with Crippen molar-refractivity contribution < 1.29 is 23.4 Å². The highest BCUT2D eigenvalue weighted by atomic mass is 19.1. The van der Waals surface area contributed by atoms with E-state index in [2.05, 4.69) is 22.9 Å². The number of nitrogens with zero attached hydrogens (tertiary/aromatic N) is 1. The quantitative estimate of drug-likeness (QED) is 0.531. The van der Waals surface area contributed by atoms with Crippen LogP contribution in [0.1, 0.15) is 48.2 Å². The van der Waals surface area contributed by atoms with Crippen LogP contribution in [-0.2, 0) is 16.0 Å². The largest absolute Gasteiger partial charge is 0.478 e. The molecule has 3 atom stereocenters. The van der Waals surface area contributed by atoms with Crippen LogP contribution in [0.2, 0.25) is 0 Å². The molecule has 2 aliphatic heterocycles. The van der Waals surface area contributed by atoms with E-state index in [0.717, 1.165) is 47.5 Å². The summed E-state index contributed by atoms with van der Waals surface area (Å²) in [6, 6.07) is 9.92. The lowest BCUT2D eigenvalue weighted by Crippen LogP contribution is -2.50. The summed E-state index contributed by atoms with van der Waals surface area (Å²) < 4.78 is 36.8. The molecule has 7 heteroatoms. The van der Waals surface area contributed by atoms with Gasteiger partial charge in [0.2, 0.25) is 0 Å². The normalized spacial score (nSPS) is 23.4. The van der Waals surface area contributed by atoms with E-state index < -0.39 is 23.6 Å². The molecule has 0 bridgehead atoms. The van der Waals surface area contributed by atoms with Crippen molar-refractivity contribution in [3.63, 3.8) is 0 Å². The molecule has 3 heterocycles. The molecular formula is C26H26F2N2O3. The fraction of sp³-hybridized carbons (Fsp3) is 0.346. The summed E-state index contributed by atoms with van der Waals surface area (Å²) in [6.07, 6.45) is 4.52. The Morgan fingerprint density at radius 1 is 1.27 bits per heavy atom. The number of nitrogens with one attached hydrogen (secondary N) is 1. The van der Waals surface area contributed by atoms with Crippen LogP contribution in [0.3, 0.4) is 0 Å². The summed E-state index contributed by atoms with van der Waals surface area (Å²) in [5.41, 5.74) is 3.03. The summed E-state index contributed by atoms with van der Waals surface area (Å²) in [4.78, 5) is 16.5. The number of carbonyl (C=O) groups is 1. The fourth-order valence-corrected chi connectivity index (χ4v) is 5.42. The Kier molecular flexibility index (Phi) is 5.76. The molecule has 2 aromatic carbocycles. The minimum Gasteiger partial charge on any atom is -0.478 e. The van der Waals surface area contributed by atoms with E-state index >= 15 is 8.78 Å². The number of rotatable bonds is 5. The Bertz CT molecular complexity index is 1210. The maximum atomic E-state index is 15.6. The van der Waals surface area contributed by atoms with E-state index in [1.165, 1.54) is 18.2 Å². The molecule has 172 valence electrons. The predicted molar refractivity (Wildman–Crippen MR) is 122 cm³/mol. The van der Waals surface area contributed by atoms with Crippen LogP contribution in [0.15, 0.2) is 42.5 Å². The first kappa shape index (κ1) is 21.8. The van der Waals surface area contributed by atoms with Gasteiger partial charge in [-0.25, -0.2) is 13.6 Å². The van der Waals surface area contributed by atoms with E-state index in [9.17, 15) is 4.79 Å². The molecule has 33 heavy (non-hydrogen) atoms. The molecule has 0 aliphatic carbocycles. The summed E-state index contributed by atoms with van der Waals surface area (Å²) in [5, 5.41) is 9.95. The molecule has 0 radical (unpaired) electrons. The van der Waals surface area contributed by atoms with Crippen molar-refractivity contribution in [1.82, 2.24) is 9.88 Å². The molecule has 3 aromatic rings. The number of carboxylic acids is 1. The van der Waals surface area contributed by atoms with Crippen molar-refractivity contribution in [3.8, 4) is 0 Å². The first-order chi connectivity index (χ1) is 16.0. The number of benzene rings is 2. The SMILES string of the molecule is CC[C@@H]1Cc2c([nH]c3ccccc23)C(c2c(F)cc(/C=C/C(=O)O)cc2F)N1[C@H]1CCOC1. The second-order valence-corrected chi connectivity index (χ2v) is 8.77. The van der Waals surface area contributed by atoms with Crippen LogP contribution in [0.25, 0.3) is 17.0 Å². The summed E-state index contributed by atoms with van der Waals surface area (Å²) in [6.45, 7) is 3.27. The van der Waals surface area contributed by atoms with Crippen molar-refractivity contribution in [2.45, 2.75) is 44.3 Å². The molecule has 1 fully saturated rings. The standard InChI is InChI=1S/C26H26F2N2O3/c1-2-16-13-19-18-5-3-4-6-22(18)29-25(19)26(30(16)17-9-10-33-14-17)24-20(27)11-15(12-21(24)28)7-8-23(31)32/h3-8,11-12,16-17,26,29H,2,9-10,13-14H2,1H3,(H,31,32)/b8-7+/t16-,17+,26?/m1/s1. The first-order valence-electron chi connectivity index (χ1n) is 11.3. The zero-order valence-corrected chi connectivity index (χ0v) is 18.4. The number of H-pyrrole nitrogens is 1. The minimum atomic E-state index is -1.17. The number of aromatic nitrogens is 1. The number of ether oxygens (including phenoxy) is 1. The first-order valence-corrected chi connectivity index (χ1v) is 11.3. The molecule has 1 saturated heterocycles. The van der Waals surface area contributed by atoms with Gasteiger partial charge in [0, 0.05) is 46.9 Å². The van der Waals surface area contributed by atoms with Crippen LogP contribution in [0.5, 0.6) is 0 Å². The van der Waals surface area contributed by atoms with E-state index in [1.807, 2.05) is 18.2 Å². The van der Waals surface area contributed by atoms with Gasteiger partial charge in [0.05, 0.1) is 12.6 Å². The molecule has 0 spiro atoms. The minimum absolute atomic E-state index is 0.0136. The van der Waals surface area contributed by atoms with Crippen LogP contribution in [0, 0.1) is 11.6 Å². The Balaban J connectivity index is 1.71. The van der Waals surface area contributed by atoms with Crippen molar-refractivity contribution in [3.05, 3.63) is 76.5 Å². The van der Waals surface area contributed by atoms with Crippen molar-refractivity contribution in [1.29, 1.82) is 0 Å². The van der Waals surface area contributed by atoms with Gasteiger partial charge in [0.1, 0.15) is 11.6 Å². The third kappa shape index (κ3) is 3.85. The molecule has 0 amide bonds. The number of carboxylic acid groups (broad SMARTS) is 1. The number of aliphatic carboxylic acids is 1. The van der Waals surface area contributed by atoms with Gasteiger partial charge in [-0.05, 0) is 54.7 Å². The van der Waals surface area contributed by atoms with Gasteiger partial charge in [-0.1, -0.05) is 25.1 Å². The topological polar surface area (TPSA) is 65.6 Å². The molecular weight excluding hydrogens is 426 g/mol. The molecule has 1 unspecified atom stereocenters. The Morgan fingerprint density at radius 2 is 2.03 bits per heavy atom. The molecule has 1 aromatic heterocycles. The van der Waals surface area contributed by atoms with Crippen LogP contribution in [0.4, 0.5) is 8.78 Å². The number of fused-ring (bicyclic) bond motifs is 3. The Morgan fingerprint density at radius 3 is 2.70 bits per heavy atom. The molecule has 0 saturated carbocycles. The average molecular weight is 453 g/mol. The van der Waals surface area contributed by atoms with Gasteiger partial charge in [-0.15, -0.1) is 0 Å². The van der Waals surface area contributed by atoms with E-state index in [0.29, 0.717) is 13.2 Å². The zero-order valence-electron chi connectivity index (χ0n) is 18.4. The number of aromatic amines is 1. The van der Waals surface area contributed by atoms with E-state index in [4.69, 9.17) is 9.84 Å². The highest BCUT2D eigenvalue weighted by Crippen LogP contribution is 2.45. The van der Waals surface area contributed by atoms with Crippen LogP contribution in [-0.4, -0.2) is 46.3 Å². The molecule has 2 aliphatic rings. The Labute approximate surface area is 190 Å². The van der Waals surface area contributed by atoms with Gasteiger partial charge >= 0.3 is 5.97 Å². The summed E-state index contributed by atoms with van der Waals surface area (Å²) in [5.74, 6) is -2.54. The zero-order chi connectivity index (χ0) is 23.1. The maximum Gasteiger partial charge on any atom is 0.328 e. The summed E-state index contributed by atoms with van der Waals surface area (Å²) >= 11 is 0. The predicted octanol–water partition coefficient (Wildman–Crippen LogP) is 5.06. The molecule has 5 nitrogen and oxygen atoms in total. The third-order valence-electron chi connectivity index (χ3n) is 6.87. The lowest BCUT2D eigenvalue weighted by Gasteiger charge is -2.45. The molecule has 2 N–H and O–H groups in total. The smallest absolute Gasteiger partial charge is 0.328 e. The highest BCUT2D eigenvalue weighted by Gasteiger charge is 2.43. The lowest BCUT2D eigenvalue weighted by molar-refractivity contribution is -0.131.